The van der Waals surface area contributed by atoms with Crippen molar-refractivity contribution < 1.29 is 19.2 Å². The molecule has 44 heavy (non-hydrogen) atoms. The van der Waals surface area contributed by atoms with Crippen molar-refractivity contribution in [3.05, 3.63) is 93.0 Å². The van der Waals surface area contributed by atoms with Crippen LogP contribution in [0.5, 0.6) is 0 Å². The number of carbonyl (C=O) groups is 4. The van der Waals surface area contributed by atoms with E-state index in [1.54, 1.807) is 0 Å². The van der Waals surface area contributed by atoms with Crippen LogP contribution in [0.15, 0.2) is 48.5 Å². The molecule has 0 saturated carbocycles. The topological polar surface area (TPSA) is 68.3 Å². The zero-order valence-corrected chi connectivity index (χ0v) is 24.7. The average molecular weight is 569 g/mol. The molecule has 0 aliphatic heterocycles. The standard InChI is InChI=1S/C40H24O4/c1-15-9-23-27(41)13-28(42)24-10-16(2)32-20-7-8-22-34-18(4)12-26-30(44)14-29(43)25-11-17(3)33(40(34)38(25)26)21-6-5-19(35(20)36(21)22)31(15)39(32)37(23)24/h5-12H,13-14H2,1-4H3. The van der Waals surface area contributed by atoms with Crippen LogP contribution in [-0.4, -0.2) is 23.1 Å². The summed E-state index contributed by atoms with van der Waals surface area (Å²) in [7, 11) is 0. The van der Waals surface area contributed by atoms with Gasteiger partial charge in [-0.15, -0.1) is 0 Å². The molecule has 8 aromatic carbocycles. The first-order valence-electron chi connectivity index (χ1n) is 15.1. The molecule has 0 bridgehead atoms. The lowest BCUT2D eigenvalue weighted by Gasteiger charge is -2.26. The van der Waals surface area contributed by atoms with Crippen molar-refractivity contribution in [2.45, 2.75) is 40.5 Å². The van der Waals surface area contributed by atoms with Gasteiger partial charge in [-0.25, -0.2) is 0 Å². The van der Waals surface area contributed by atoms with Crippen LogP contribution in [0.4, 0.5) is 0 Å². The molecule has 2 aliphatic rings. The van der Waals surface area contributed by atoms with Crippen LogP contribution in [0.25, 0.3) is 75.4 Å². The predicted molar refractivity (Wildman–Crippen MR) is 177 cm³/mol. The van der Waals surface area contributed by atoms with Gasteiger partial charge in [-0.1, -0.05) is 24.3 Å². The molecule has 0 fully saturated rings. The van der Waals surface area contributed by atoms with Crippen LogP contribution in [0.2, 0.25) is 0 Å². The van der Waals surface area contributed by atoms with Crippen LogP contribution in [0.1, 0.15) is 76.5 Å². The van der Waals surface area contributed by atoms with E-state index in [0.29, 0.717) is 22.3 Å². The van der Waals surface area contributed by atoms with Gasteiger partial charge in [0, 0.05) is 33.0 Å². The fourth-order valence-electron chi connectivity index (χ4n) is 9.08. The molecule has 208 valence electrons. The first-order chi connectivity index (χ1) is 21.2. The highest BCUT2D eigenvalue weighted by Crippen LogP contribution is 2.52. The number of benzene rings is 8. The minimum atomic E-state index is -0.109. The highest BCUT2D eigenvalue weighted by molar-refractivity contribution is 6.46. The molecule has 10 rings (SSSR count). The second-order valence-electron chi connectivity index (χ2n) is 13.1. The van der Waals surface area contributed by atoms with Crippen molar-refractivity contribution >= 4 is 98.5 Å². The monoisotopic (exact) mass is 568 g/mol. The van der Waals surface area contributed by atoms with Crippen LogP contribution < -0.4 is 0 Å². The molecular formula is C40H24O4. The van der Waals surface area contributed by atoms with Crippen LogP contribution in [0.3, 0.4) is 0 Å². The maximum absolute atomic E-state index is 13.1. The van der Waals surface area contributed by atoms with Gasteiger partial charge in [-0.3, -0.25) is 19.2 Å². The lowest BCUT2D eigenvalue weighted by atomic mass is 9.76. The van der Waals surface area contributed by atoms with Gasteiger partial charge in [0.05, 0.1) is 12.8 Å². The van der Waals surface area contributed by atoms with E-state index in [-0.39, 0.29) is 36.0 Å². The second kappa shape index (κ2) is 7.46. The summed E-state index contributed by atoms with van der Waals surface area (Å²) < 4.78 is 0. The summed E-state index contributed by atoms with van der Waals surface area (Å²) in [6.45, 7) is 8.28. The maximum atomic E-state index is 13.1. The smallest absolute Gasteiger partial charge is 0.171 e. The summed E-state index contributed by atoms with van der Waals surface area (Å²) in [4.78, 5) is 52.6. The van der Waals surface area contributed by atoms with Gasteiger partial charge in [0.25, 0.3) is 0 Å². The molecule has 4 nitrogen and oxygen atoms in total. The molecule has 0 atom stereocenters. The van der Waals surface area contributed by atoms with Gasteiger partial charge in [-0.05, 0) is 139 Å². The van der Waals surface area contributed by atoms with Gasteiger partial charge in [0.2, 0.25) is 0 Å². The molecule has 0 aromatic heterocycles. The molecule has 0 saturated heterocycles. The SMILES string of the molecule is Cc1cc2c3c(cc(C)c4c5ccc6c7c(C)cc8c9c(cc(C)c(c%10ccc(c1c34)c5c%106)c97)C(=O)CC8=O)C(=O)CC2=O. The fourth-order valence-corrected chi connectivity index (χ4v) is 9.08. The summed E-state index contributed by atoms with van der Waals surface area (Å²) in [6, 6.07) is 16.7. The van der Waals surface area contributed by atoms with E-state index in [2.05, 4.69) is 52.0 Å². The Hall–Kier alpha value is -5.22. The number of rotatable bonds is 0. The molecule has 8 aromatic rings. The van der Waals surface area contributed by atoms with Gasteiger partial charge in [0.1, 0.15) is 0 Å². The van der Waals surface area contributed by atoms with E-state index in [1.165, 1.54) is 10.8 Å². The molecule has 0 amide bonds. The summed E-state index contributed by atoms with van der Waals surface area (Å²) in [5, 5.41) is 14.7. The molecule has 2 aliphatic carbocycles. The third-order valence-electron chi connectivity index (χ3n) is 10.7. The third kappa shape index (κ3) is 2.52. The number of hydrogen-bond acceptors (Lipinski definition) is 4. The Bertz CT molecular complexity index is 2440. The highest BCUT2D eigenvalue weighted by atomic mass is 16.2. The Labute approximate surface area is 250 Å². The van der Waals surface area contributed by atoms with Gasteiger partial charge in [0.15, 0.2) is 23.1 Å². The summed E-state index contributed by atoms with van der Waals surface area (Å²) in [5.41, 5.74) is 6.70. The first-order valence-corrected chi connectivity index (χ1v) is 15.1. The van der Waals surface area contributed by atoms with Crippen LogP contribution >= 0.6 is 0 Å². The molecule has 0 spiro atoms. The van der Waals surface area contributed by atoms with Gasteiger partial charge >= 0.3 is 0 Å². The normalized spacial score (nSPS) is 15.3. The summed E-state index contributed by atoms with van der Waals surface area (Å²) >= 11 is 0. The summed E-state index contributed by atoms with van der Waals surface area (Å²) in [5.74, 6) is -0.435. The van der Waals surface area contributed by atoms with E-state index >= 15 is 0 Å². The van der Waals surface area contributed by atoms with Gasteiger partial charge < -0.3 is 0 Å². The number of Topliss-reactive ketones (excluding diaryl/α,β-unsaturated/α-hetero) is 4. The highest BCUT2D eigenvalue weighted by Gasteiger charge is 2.32. The van der Waals surface area contributed by atoms with E-state index in [0.717, 1.165) is 86.9 Å². The number of ketones is 4. The van der Waals surface area contributed by atoms with Gasteiger partial charge in [-0.2, -0.15) is 0 Å². The molecule has 0 radical (unpaired) electrons. The second-order valence-corrected chi connectivity index (χ2v) is 13.1. The van der Waals surface area contributed by atoms with Crippen molar-refractivity contribution in [3.8, 4) is 0 Å². The molecule has 4 heteroatoms. The Morgan fingerprint density at radius 2 is 0.591 bits per heavy atom. The first kappa shape index (κ1) is 24.2. The molecule has 0 unspecified atom stereocenters. The largest absolute Gasteiger partial charge is 0.294 e. The van der Waals surface area contributed by atoms with E-state index in [4.69, 9.17) is 0 Å². The molecular weight excluding hydrogens is 544 g/mol. The number of hydrogen-bond donors (Lipinski definition) is 0. The summed E-state index contributed by atoms with van der Waals surface area (Å²) in [6.07, 6.45) is -0.161. The fraction of sp³-hybridized carbons (Fsp3) is 0.150. The van der Waals surface area contributed by atoms with Crippen molar-refractivity contribution in [2.75, 3.05) is 0 Å². The Morgan fingerprint density at radius 1 is 0.341 bits per heavy atom. The van der Waals surface area contributed by atoms with Crippen molar-refractivity contribution in [1.82, 2.24) is 0 Å². The minimum absolute atomic E-state index is 0.0805. The lowest BCUT2D eigenvalue weighted by Crippen LogP contribution is -2.17. The van der Waals surface area contributed by atoms with E-state index in [1.807, 2.05) is 24.3 Å². The quantitative estimate of drug-likeness (QED) is 0.104. The Morgan fingerprint density at radius 3 is 0.841 bits per heavy atom. The number of fused-ring (bicyclic) bond motifs is 4. The lowest BCUT2D eigenvalue weighted by molar-refractivity contribution is 0.0874. The zero-order chi connectivity index (χ0) is 30.1. The third-order valence-corrected chi connectivity index (χ3v) is 10.7. The average Bonchev–Trinajstić information content (AvgIpc) is 2.98. The van der Waals surface area contributed by atoms with E-state index < -0.39 is 0 Å². The van der Waals surface area contributed by atoms with Crippen molar-refractivity contribution in [2.24, 2.45) is 0 Å². The predicted octanol–water partition coefficient (Wildman–Crippen LogP) is 9.41. The zero-order valence-electron chi connectivity index (χ0n) is 24.7. The van der Waals surface area contributed by atoms with Crippen LogP contribution in [0, 0.1) is 27.7 Å². The Kier molecular flexibility index (Phi) is 4.11. The van der Waals surface area contributed by atoms with Crippen LogP contribution in [-0.2, 0) is 0 Å². The van der Waals surface area contributed by atoms with E-state index in [9.17, 15) is 19.2 Å². The molecule has 0 heterocycles. The number of carbonyl (C=O) groups excluding carboxylic acids is 4. The molecule has 0 N–H and O–H groups in total. The van der Waals surface area contributed by atoms with Crippen molar-refractivity contribution in [1.29, 1.82) is 0 Å². The Balaban J connectivity index is 1.53. The minimum Gasteiger partial charge on any atom is -0.294 e. The number of aryl methyl sites for hydroxylation is 4. The maximum Gasteiger partial charge on any atom is 0.171 e. The van der Waals surface area contributed by atoms with Crippen molar-refractivity contribution in [3.63, 3.8) is 0 Å².